The number of rotatable bonds is 5. The lowest BCUT2D eigenvalue weighted by Crippen LogP contribution is -2.04. The van der Waals surface area contributed by atoms with E-state index in [0.29, 0.717) is 5.92 Å². The number of aryl methyl sites for hydroxylation is 1. The zero-order valence-electron chi connectivity index (χ0n) is 31.8. The second-order valence-electron chi connectivity index (χ2n) is 15.7. The van der Waals surface area contributed by atoms with Crippen LogP contribution in [0, 0.1) is 0 Å². The largest absolute Gasteiger partial charge is 0.251 e. The third kappa shape index (κ3) is 5.51. The van der Waals surface area contributed by atoms with E-state index >= 15 is 0 Å². The van der Waals surface area contributed by atoms with E-state index in [-0.39, 0.29) is 0 Å². The maximum Gasteiger partial charge on any atom is 0.160 e. The molecule has 274 valence electrons. The molecule has 0 aliphatic heterocycles. The first-order chi connectivity index (χ1) is 28.7. The predicted molar refractivity (Wildman–Crippen MR) is 245 cm³/mol. The minimum atomic E-state index is 0.305. The summed E-state index contributed by atoms with van der Waals surface area (Å²) >= 11 is 1.84. The molecule has 3 aliphatic rings. The summed E-state index contributed by atoms with van der Waals surface area (Å²) in [7, 11) is 0. The number of nitrogens with zero attached hydrogens (tertiary/aromatic N) is 3. The lowest BCUT2D eigenvalue weighted by molar-refractivity contribution is 0.854. The van der Waals surface area contributed by atoms with Crippen LogP contribution in [0.4, 0.5) is 0 Å². The van der Waals surface area contributed by atoms with Gasteiger partial charge in [-0.05, 0) is 93.8 Å². The quantitative estimate of drug-likeness (QED) is 0.175. The molecule has 6 aromatic carbocycles. The Morgan fingerprint density at radius 2 is 1.34 bits per heavy atom. The van der Waals surface area contributed by atoms with Crippen LogP contribution in [0.5, 0.6) is 0 Å². The Bertz CT molecular complexity index is 3290. The topological polar surface area (TPSA) is 38.7 Å². The highest BCUT2D eigenvalue weighted by atomic mass is 32.1. The second kappa shape index (κ2) is 13.4. The van der Waals surface area contributed by atoms with Crippen molar-refractivity contribution >= 4 is 70.8 Å². The predicted octanol–water partition coefficient (Wildman–Crippen LogP) is 14.2. The molecule has 3 heterocycles. The molecule has 9 aromatic rings. The molecule has 0 fully saturated rings. The van der Waals surface area contributed by atoms with E-state index in [1.165, 1.54) is 69.7 Å². The van der Waals surface area contributed by atoms with E-state index in [9.17, 15) is 0 Å². The summed E-state index contributed by atoms with van der Waals surface area (Å²) in [6, 6.07) is 46.1. The molecule has 1 unspecified atom stereocenters. The van der Waals surface area contributed by atoms with Gasteiger partial charge in [0.15, 0.2) is 5.82 Å². The minimum absolute atomic E-state index is 0.305. The molecule has 3 nitrogen and oxygen atoms in total. The third-order valence-electron chi connectivity index (χ3n) is 12.3. The molecule has 0 radical (unpaired) electrons. The Balaban J connectivity index is 0.943. The zero-order chi connectivity index (χ0) is 38.2. The summed E-state index contributed by atoms with van der Waals surface area (Å²) in [5.41, 5.74) is 13.9. The Morgan fingerprint density at radius 3 is 2.22 bits per heavy atom. The summed E-state index contributed by atoms with van der Waals surface area (Å²) < 4.78 is 2.54. The van der Waals surface area contributed by atoms with Gasteiger partial charge in [0.2, 0.25) is 0 Å². The summed E-state index contributed by atoms with van der Waals surface area (Å²) in [4.78, 5) is 15.9. The van der Waals surface area contributed by atoms with Crippen LogP contribution in [-0.2, 0) is 12.8 Å². The molecule has 0 saturated carbocycles. The molecule has 0 spiro atoms. The molecule has 12 rings (SSSR count). The number of allylic oxidation sites excluding steroid dienone is 6. The standard InChI is InChI=1S/C54H37N3S/c1-2-11-38-30-40(29-20-33(38)10-1)49-32-48(35-23-21-34(22-24-35)46-31-39-12-3-4-13-41(39)42-16-9-17-43(42)46)56-54(57-49)37-27-25-36(26-28-37)52-53-51(44-14-5-7-18-47(44)55-52)45-15-6-8-19-50(45)58-53/h1-6,8-15,17,19-21,23-32,34H,7,16,18,22H2. The monoisotopic (exact) mass is 759 g/mol. The number of fused-ring (bicyclic) bond motifs is 9. The molecule has 0 amide bonds. The van der Waals surface area contributed by atoms with Gasteiger partial charge in [0.25, 0.3) is 0 Å². The lowest BCUT2D eigenvalue weighted by Gasteiger charge is -2.21. The fourth-order valence-electron chi connectivity index (χ4n) is 9.38. The van der Waals surface area contributed by atoms with Crippen molar-refractivity contribution in [2.45, 2.75) is 31.6 Å². The highest BCUT2D eigenvalue weighted by Gasteiger charge is 2.23. The Labute approximate surface area is 341 Å². The van der Waals surface area contributed by atoms with E-state index in [1.807, 2.05) is 11.3 Å². The van der Waals surface area contributed by atoms with Crippen LogP contribution in [0.15, 0.2) is 158 Å². The van der Waals surface area contributed by atoms with Crippen LogP contribution >= 0.6 is 11.3 Å². The first kappa shape index (κ1) is 33.4. The Hall–Kier alpha value is -6.75. The SMILES string of the molecule is C1=Cc2c(nc(-c3ccc(-c4nc(C5=CCC(c6cc7ccccc7c7c6C=CC7)C=C5)cc(-c5ccc6ccccc6c5)n4)cc3)c3sc4ccccc4c23)CC1. The average Bonchev–Trinajstić information content (AvgIpc) is 3.95. The van der Waals surface area contributed by atoms with Crippen molar-refractivity contribution < 1.29 is 0 Å². The van der Waals surface area contributed by atoms with Gasteiger partial charge in [0.1, 0.15) is 0 Å². The third-order valence-corrected chi connectivity index (χ3v) is 13.5. The van der Waals surface area contributed by atoms with Gasteiger partial charge in [-0.2, -0.15) is 0 Å². The van der Waals surface area contributed by atoms with Gasteiger partial charge in [-0.25, -0.2) is 9.97 Å². The number of pyridine rings is 1. The van der Waals surface area contributed by atoms with E-state index < -0.39 is 0 Å². The molecule has 0 bridgehead atoms. The number of hydrogen-bond acceptors (Lipinski definition) is 4. The molecule has 0 N–H and O–H groups in total. The van der Waals surface area contributed by atoms with E-state index in [4.69, 9.17) is 15.0 Å². The van der Waals surface area contributed by atoms with Crippen molar-refractivity contribution in [1.29, 1.82) is 0 Å². The van der Waals surface area contributed by atoms with Crippen LogP contribution in [-0.4, -0.2) is 15.0 Å². The molecule has 1 atom stereocenters. The first-order valence-corrected chi connectivity index (χ1v) is 21.1. The number of benzene rings is 6. The average molecular weight is 760 g/mol. The van der Waals surface area contributed by atoms with Gasteiger partial charge >= 0.3 is 0 Å². The van der Waals surface area contributed by atoms with E-state index in [1.54, 1.807) is 0 Å². The van der Waals surface area contributed by atoms with Gasteiger partial charge in [-0.1, -0.05) is 146 Å². The molecule has 58 heavy (non-hydrogen) atoms. The summed E-state index contributed by atoms with van der Waals surface area (Å²) in [6.07, 6.45) is 20.1. The highest BCUT2D eigenvalue weighted by Crippen LogP contribution is 2.44. The van der Waals surface area contributed by atoms with Crippen molar-refractivity contribution in [2.75, 3.05) is 0 Å². The smallest absolute Gasteiger partial charge is 0.160 e. The molecule has 4 heteroatoms. The van der Waals surface area contributed by atoms with Crippen molar-refractivity contribution in [3.8, 4) is 33.9 Å². The number of thiophene rings is 1. The van der Waals surface area contributed by atoms with Crippen LogP contribution in [0.2, 0.25) is 0 Å². The van der Waals surface area contributed by atoms with Gasteiger partial charge < -0.3 is 0 Å². The fraction of sp³-hybridized carbons (Fsp3) is 0.0926. The normalized spacial score (nSPS) is 15.7. The second-order valence-corrected chi connectivity index (χ2v) is 16.8. The van der Waals surface area contributed by atoms with Crippen molar-refractivity contribution in [1.82, 2.24) is 15.0 Å². The molecule has 3 aliphatic carbocycles. The Kier molecular flexibility index (Phi) is 7.74. The first-order valence-electron chi connectivity index (χ1n) is 20.3. The molecule has 0 saturated heterocycles. The maximum atomic E-state index is 5.33. The van der Waals surface area contributed by atoms with Gasteiger partial charge in [0.05, 0.1) is 21.8 Å². The maximum absolute atomic E-state index is 5.33. The van der Waals surface area contributed by atoms with E-state index in [2.05, 4.69) is 170 Å². The van der Waals surface area contributed by atoms with Crippen molar-refractivity contribution in [3.63, 3.8) is 0 Å². The fourth-order valence-corrected chi connectivity index (χ4v) is 10.6. The van der Waals surface area contributed by atoms with Crippen molar-refractivity contribution in [2.24, 2.45) is 0 Å². The van der Waals surface area contributed by atoms with Crippen molar-refractivity contribution in [3.05, 3.63) is 191 Å². The van der Waals surface area contributed by atoms with Crippen LogP contribution in [0.1, 0.15) is 52.4 Å². The summed E-state index contributed by atoms with van der Waals surface area (Å²) in [6.45, 7) is 0. The molecular formula is C54H37N3S. The van der Waals surface area contributed by atoms with E-state index in [0.717, 1.165) is 70.9 Å². The summed E-state index contributed by atoms with van der Waals surface area (Å²) in [5.74, 6) is 1.02. The molecule has 3 aromatic heterocycles. The van der Waals surface area contributed by atoms with Gasteiger partial charge in [-0.3, -0.25) is 4.98 Å². The highest BCUT2D eigenvalue weighted by molar-refractivity contribution is 7.26. The molecular weight excluding hydrogens is 723 g/mol. The number of hydrogen-bond donors (Lipinski definition) is 0. The van der Waals surface area contributed by atoms with Crippen LogP contribution in [0.3, 0.4) is 0 Å². The Morgan fingerprint density at radius 1 is 0.586 bits per heavy atom. The van der Waals surface area contributed by atoms with Crippen LogP contribution < -0.4 is 0 Å². The van der Waals surface area contributed by atoms with Gasteiger partial charge in [-0.15, -0.1) is 11.3 Å². The van der Waals surface area contributed by atoms with Gasteiger partial charge in [0, 0.05) is 49.3 Å². The zero-order valence-corrected chi connectivity index (χ0v) is 32.6. The number of aromatic nitrogens is 3. The minimum Gasteiger partial charge on any atom is -0.251 e. The summed E-state index contributed by atoms with van der Waals surface area (Å²) in [5, 5.41) is 7.75. The van der Waals surface area contributed by atoms with Crippen LogP contribution in [0.25, 0.3) is 93.3 Å². The lowest BCUT2D eigenvalue weighted by atomic mass is 9.84.